The normalized spacial score (nSPS) is 19.2. The Labute approximate surface area is 157 Å². The molecule has 3 rings (SSSR count). The summed E-state index contributed by atoms with van der Waals surface area (Å²) in [5.41, 5.74) is 0.214. The van der Waals surface area contributed by atoms with Gasteiger partial charge < -0.3 is 15.1 Å². The van der Waals surface area contributed by atoms with Crippen LogP contribution in [0.15, 0.2) is 58.6 Å². The van der Waals surface area contributed by atoms with Gasteiger partial charge in [-0.15, -0.1) is 0 Å². The van der Waals surface area contributed by atoms with Crippen LogP contribution in [0.1, 0.15) is 17.2 Å². The van der Waals surface area contributed by atoms with Gasteiger partial charge in [-0.2, -0.15) is 0 Å². The predicted octanol–water partition coefficient (Wildman–Crippen LogP) is 3.00. The van der Waals surface area contributed by atoms with E-state index in [1.165, 1.54) is 18.2 Å². The number of carbonyl (C=O) groups is 2. The Morgan fingerprint density at radius 3 is 2.38 bits per heavy atom. The number of ketones is 1. The highest BCUT2D eigenvalue weighted by molar-refractivity contribution is 9.10. The molecule has 7 heteroatoms. The Morgan fingerprint density at radius 1 is 1.12 bits per heavy atom. The van der Waals surface area contributed by atoms with Gasteiger partial charge >= 0.3 is 0 Å². The van der Waals surface area contributed by atoms with Crippen molar-refractivity contribution in [2.24, 2.45) is 0 Å². The molecular formula is C19H15BrFNO4. The average molecular weight is 420 g/mol. The molecule has 0 aromatic heterocycles. The van der Waals surface area contributed by atoms with Gasteiger partial charge in [0.15, 0.2) is 0 Å². The highest BCUT2D eigenvalue weighted by atomic mass is 79.9. The first-order chi connectivity index (χ1) is 12.5. The molecule has 0 unspecified atom stereocenters. The van der Waals surface area contributed by atoms with E-state index in [1.807, 2.05) is 0 Å². The Bertz CT molecular complexity index is 895. The number of benzene rings is 2. The van der Waals surface area contributed by atoms with Crippen LogP contribution < -0.4 is 0 Å². The first-order valence-corrected chi connectivity index (χ1v) is 8.64. The molecule has 2 aromatic rings. The number of aliphatic hydroxyl groups excluding tert-OH is 2. The maximum Gasteiger partial charge on any atom is 0.295 e. The van der Waals surface area contributed by atoms with Crippen LogP contribution in [0.2, 0.25) is 0 Å². The summed E-state index contributed by atoms with van der Waals surface area (Å²) in [6.07, 6.45) is 0. The van der Waals surface area contributed by atoms with Gasteiger partial charge in [0.2, 0.25) is 0 Å². The molecule has 1 atom stereocenters. The standard InChI is InChI=1S/C19H15BrFNO4/c20-12-7-5-11(6-8-12)17(24)15-16(13-3-1-2-4-14(13)21)22(9-10-23)19(26)18(15)25/h1-8,16,23-24H,9-10H2/b17-15+/t16-/m0/s1. The Morgan fingerprint density at radius 2 is 1.77 bits per heavy atom. The molecule has 1 amide bonds. The molecule has 0 spiro atoms. The molecule has 0 radical (unpaired) electrons. The van der Waals surface area contributed by atoms with Crippen molar-refractivity contribution >= 4 is 33.4 Å². The minimum absolute atomic E-state index is 0.0822. The van der Waals surface area contributed by atoms with E-state index in [2.05, 4.69) is 15.9 Å². The van der Waals surface area contributed by atoms with Crippen molar-refractivity contribution in [3.63, 3.8) is 0 Å². The fraction of sp³-hybridized carbons (Fsp3) is 0.158. The van der Waals surface area contributed by atoms with Crippen molar-refractivity contribution in [3.8, 4) is 0 Å². The Hall–Kier alpha value is -2.51. The zero-order valence-electron chi connectivity index (χ0n) is 13.5. The van der Waals surface area contributed by atoms with Crippen LogP contribution in [0.3, 0.4) is 0 Å². The lowest BCUT2D eigenvalue weighted by Gasteiger charge is -2.24. The van der Waals surface area contributed by atoms with Gasteiger partial charge in [0.05, 0.1) is 18.2 Å². The molecule has 1 aliphatic heterocycles. The summed E-state index contributed by atoms with van der Waals surface area (Å²) >= 11 is 3.28. The molecule has 26 heavy (non-hydrogen) atoms. The highest BCUT2D eigenvalue weighted by Gasteiger charge is 2.46. The maximum atomic E-state index is 14.4. The number of Topliss-reactive ketones (excluding diaryl/α,β-unsaturated/α-hetero) is 1. The summed E-state index contributed by atoms with van der Waals surface area (Å²) in [7, 11) is 0. The highest BCUT2D eigenvalue weighted by Crippen LogP contribution is 2.40. The van der Waals surface area contributed by atoms with Gasteiger partial charge in [0.25, 0.3) is 11.7 Å². The van der Waals surface area contributed by atoms with Crippen molar-refractivity contribution in [1.29, 1.82) is 0 Å². The number of rotatable bonds is 4. The van der Waals surface area contributed by atoms with Crippen molar-refractivity contribution in [3.05, 3.63) is 75.5 Å². The number of halogens is 2. The SMILES string of the molecule is O=C1C(=O)N(CCO)[C@@H](c2ccccc2F)/C1=C(\O)c1ccc(Br)cc1. The summed E-state index contributed by atoms with van der Waals surface area (Å²) in [4.78, 5) is 26.0. The third-order valence-electron chi connectivity index (χ3n) is 4.20. The Kier molecular flexibility index (Phi) is 5.20. The first-order valence-electron chi connectivity index (χ1n) is 7.85. The van der Waals surface area contributed by atoms with Crippen LogP contribution in [0.25, 0.3) is 5.76 Å². The third-order valence-corrected chi connectivity index (χ3v) is 4.73. The second kappa shape index (κ2) is 7.39. The molecule has 2 aromatic carbocycles. The second-order valence-electron chi connectivity index (χ2n) is 5.74. The van der Waals surface area contributed by atoms with Crippen LogP contribution in [0.5, 0.6) is 0 Å². The summed E-state index contributed by atoms with van der Waals surface area (Å²) in [5, 5.41) is 19.9. The van der Waals surface area contributed by atoms with Crippen LogP contribution in [-0.4, -0.2) is 40.0 Å². The van der Waals surface area contributed by atoms with Gasteiger partial charge in [-0.05, 0) is 18.2 Å². The van der Waals surface area contributed by atoms with E-state index in [0.717, 1.165) is 9.37 Å². The van der Waals surface area contributed by atoms with E-state index >= 15 is 0 Å². The van der Waals surface area contributed by atoms with E-state index < -0.39 is 30.2 Å². The van der Waals surface area contributed by atoms with Crippen molar-refractivity contribution < 1.29 is 24.2 Å². The van der Waals surface area contributed by atoms with Gasteiger partial charge in [0.1, 0.15) is 11.6 Å². The zero-order valence-corrected chi connectivity index (χ0v) is 15.1. The quantitative estimate of drug-likeness (QED) is 0.453. The molecule has 0 aliphatic carbocycles. The number of amides is 1. The molecular weight excluding hydrogens is 405 g/mol. The fourth-order valence-corrected chi connectivity index (χ4v) is 3.27. The number of aliphatic hydroxyl groups is 2. The number of hydrogen-bond acceptors (Lipinski definition) is 4. The first kappa shape index (κ1) is 18.3. The third kappa shape index (κ3) is 3.15. The van der Waals surface area contributed by atoms with Crippen molar-refractivity contribution in [2.75, 3.05) is 13.2 Å². The Balaban J connectivity index is 2.21. The van der Waals surface area contributed by atoms with Crippen LogP contribution in [0, 0.1) is 5.82 Å². The monoisotopic (exact) mass is 419 g/mol. The molecule has 1 fully saturated rings. The second-order valence-corrected chi connectivity index (χ2v) is 6.66. The van der Waals surface area contributed by atoms with Gasteiger partial charge in [-0.3, -0.25) is 9.59 Å². The van der Waals surface area contributed by atoms with E-state index in [0.29, 0.717) is 5.56 Å². The van der Waals surface area contributed by atoms with Crippen LogP contribution in [-0.2, 0) is 9.59 Å². The lowest BCUT2D eigenvalue weighted by Crippen LogP contribution is -2.32. The summed E-state index contributed by atoms with van der Waals surface area (Å²) in [5.74, 6) is -2.79. The summed E-state index contributed by atoms with van der Waals surface area (Å²) in [6.45, 7) is -0.545. The summed E-state index contributed by atoms with van der Waals surface area (Å²) < 4.78 is 15.2. The maximum absolute atomic E-state index is 14.4. The molecule has 5 nitrogen and oxygen atoms in total. The number of carbonyl (C=O) groups excluding carboxylic acids is 2. The van der Waals surface area contributed by atoms with Crippen molar-refractivity contribution in [2.45, 2.75) is 6.04 Å². The van der Waals surface area contributed by atoms with Crippen LogP contribution >= 0.6 is 15.9 Å². The van der Waals surface area contributed by atoms with E-state index in [4.69, 9.17) is 0 Å². The topological polar surface area (TPSA) is 77.8 Å². The predicted molar refractivity (Wildman–Crippen MR) is 96.6 cm³/mol. The van der Waals surface area contributed by atoms with Gasteiger partial charge in [-0.25, -0.2) is 4.39 Å². The molecule has 1 aliphatic rings. The number of nitrogens with zero attached hydrogens (tertiary/aromatic N) is 1. The van der Waals surface area contributed by atoms with Crippen molar-refractivity contribution in [1.82, 2.24) is 4.90 Å². The van der Waals surface area contributed by atoms with Gasteiger partial charge in [0, 0.05) is 22.1 Å². The largest absolute Gasteiger partial charge is 0.507 e. The minimum Gasteiger partial charge on any atom is -0.507 e. The van der Waals surface area contributed by atoms with Gasteiger partial charge in [-0.1, -0.05) is 46.3 Å². The smallest absolute Gasteiger partial charge is 0.295 e. The lowest BCUT2D eigenvalue weighted by molar-refractivity contribution is -0.140. The molecule has 1 heterocycles. The molecule has 134 valence electrons. The molecule has 0 saturated carbocycles. The van der Waals surface area contributed by atoms with E-state index in [1.54, 1.807) is 30.3 Å². The molecule has 1 saturated heterocycles. The minimum atomic E-state index is -1.10. The number of likely N-dealkylation sites (tertiary alicyclic amines) is 1. The number of hydrogen-bond donors (Lipinski definition) is 2. The van der Waals surface area contributed by atoms with Crippen LogP contribution in [0.4, 0.5) is 4.39 Å². The average Bonchev–Trinajstić information content (AvgIpc) is 2.87. The molecule has 0 bridgehead atoms. The number of β-amino-alcohol motifs (C(OH)–C–C–N with tert-alkyl or cyclic N) is 1. The fourth-order valence-electron chi connectivity index (χ4n) is 3.00. The lowest BCUT2D eigenvalue weighted by atomic mass is 9.95. The van der Waals surface area contributed by atoms with E-state index in [9.17, 15) is 24.2 Å². The van der Waals surface area contributed by atoms with E-state index in [-0.39, 0.29) is 23.4 Å². The molecule has 2 N–H and O–H groups in total. The zero-order chi connectivity index (χ0) is 18.8. The summed E-state index contributed by atoms with van der Waals surface area (Å²) in [6, 6.07) is 11.1.